The van der Waals surface area contributed by atoms with Crippen LogP contribution in [0.15, 0.2) is 6.58 Å². The van der Waals surface area contributed by atoms with Crippen molar-refractivity contribution < 1.29 is 5.11 Å². The summed E-state index contributed by atoms with van der Waals surface area (Å²) in [4.78, 5) is 0. The quantitative estimate of drug-likeness (QED) is 0.296. The van der Waals surface area contributed by atoms with E-state index in [4.69, 9.17) is 6.58 Å². The molecule has 2 unspecified atom stereocenters. The summed E-state index contributed by atoms with van der Waals surface area (Å²) in [6, 6.07) is 0. The van der Waals surface area contributed by atoms with Gasteiger partial charge in [-0.1, -0.05) is 107 Å². The molecule has 1 N–H and O–H groups in total. The van der Waals surface area contributed by atoms with Gasteiger partial charge in [-0.15, -0.1) is 0 Å². The first-order valence-corrected chi connectivity index (χ1v) is 15.1. The molecule has 0 amide bonds. The van der Waals surface area contributed by atoms with Gasteiger partial charge in [-0.25, -0.2) is 0 Å². The minimum absolute atomic E-state index is 0.0334. The first-order chi connectivity index (χ1) is 16.5. The Bertz CT molecular complexity index is 835. The van der Waals surface area contributed by atoms with Crippen molar-refractivity contribution in [2.45, 2.75) is 157 Å². The minimum Gasteiger partial charge on any atom is -0.507 e. The van der Waals surface area contributed by atoms with Crippen LogP contribution in [0.1, 0.15) is 161 Å². The molecule has 2 rings (SSSR count). The van der Waals surface area contributed by atoms with Crippen LogP contribution >= 0.6 is 0 Å². The molecule has 0 aromatic heterocycles. The zero-order chi connectivity index (χ0) is 26.4. The summed E-state index contributed by atoms with van der Waals surface area (Å²) in [5.41, 5.74) is 7.97. The molecule has 1 nitrogen and oxygen atoms in total. The van der Waals surface area contributed by atoms with Crippen molar-refractivity contribution in [3.8, 4) is 5.75 Å². The number of fused-ring (bicyclic) bond motifs is 1. The lowest BCUT2D eigenvalue weighted by atomic mass is 9.56. The van der Waals surface area contributed by atoms with Crippen molar-refractivity contribution in [2.24, 2.45) is 11.8 Å². The molecule has 0 spiro atoms. The maximum Gasteiger partial charge on any atom is 0.123 e. The second-order valence-corrected chi connectivity index (χ2v) is 13.1. The first kappa shape index (κ1) is 30.0. The number of phenols is 1. The molecule has 35 heavy (non-hydrogen) atoms. The number of benzene rings is 1. The summed E-state index contributed by atoms with van der Waals surface area (Å²) in [7, 11) is 0. The molecule has 0 bridgehead atoms. The second kappa shape index (κ2) is 12.8. The summed E-state index contributed by atoms with van der Waals surface area (Å²) < 4.78 is 0. The average molecular weight is 483 g/mol. The van der Waals surface area contributed by atoms with Crippen molar-refractivity contribution >= 4 is 5.57 Å². The highest BCUT2D eigenvalue weighted by Gasteiger charge is 2.46. The molecule has 0 saturated heterocycles. The molecule has 0 heterocycles. The van der Waals surface area contributed by atoms with Gasteiger partial charge in [-0.05, 0) is 89.9 Å². The largest absolute Gasteiger partial charge is 0.507 e. The molecule has 1 aromatic rings. The maximum atomic E-state index is 12.1. The van der Waals surface area contributed by atoms with Crippen LogP contribution < -0.4 is 0 Å². The molecular weight excluding hydrogens is 424 g/mol. The fraction of sp³-hybridized carbons (Fsp3) is 0.765. The Labute approximate surface area is 219 Å². The molecular formula is C34H58O. The molecule has 1 aliphatic carbocycles. The van der Waals surface area contributed by atoms with Crippen molar-refractivity contribution in [3.63, 3.8) is 0 Å². The van der Waals surface area contributed by atoms with Crippen LogP contribution in [0.3, 0.4) is 0 Å². The van der Waals surface area contributed by atoms with Crippen LogP contribution in [-0.4, -0.2) is 5.11 Å². The van der Waals surface area contributed by atoms with Crippen molar-refractivity contribution in [3.05, 3.63) is 34.4 Å². The van der Waals surface area contributed by atoms with Crippen LogP contribution in [0.25, 0.3) is 5.57 Å². The second-order valence-electron chi connectivity index (χ2n) is 13.1. The first-order valence-electron chi connectivity index (χ1n) is 15.1. The topological polar surface area (TPSA) is 20.2 Å². The normalized spacial score (nSPS) is 19.6. The summed E-state index contributed by atoms with van der Waals surface area (Å²) in [5, 5.41) is 12.1. The SMILES string of the molecule is C=C(CCCC)c1c(CCCC)c(C(C)(C)C)c(O)c2c1CC(CCCC)C(CCCC)C2(C)C. The molecule has 1 heteroatoms. The lowest BCUT2D eigenvalue weighted by Gasteiger charge is -2.48. The summed E-state index contributed by atoms with van der Waals surface area (Å²) in [6.07, 6.45) is 15.6. The fourth-order valence-electron chi connectivity index (χ4n) is 7.06. The molecule has 0 aliphatic heterocycles. The number of phenolic OH excluding ortho intramolecular Hbond substituents is 1. The fourth-order valence-corrected chi connectivity index (χ4v) is 7.06. The number of unbranched alkanes of at least 4 members (excludes halogenated alkanes) is 4. The number of aromatic hydroxyl groups is 1. The Kier molecular flexibility index (Phi) is 11.0. The summed E-state index contributed by atoms with van der Waals surface area (Å²) >= 11 is 0. The number of rotatable bonds is 13. The van der Waals surface area contributed by atoms with E-state index in [1.807, 2.05) is 0 Å². The maximum absolute atomic E-state index is 12.1. The lowest BCUT2D eigenvalue weighted by Crippen LogP contribution is -2.41. The molecule has 0 radical (unpaired) electrons. The third kappa shape index (κ3) is 6.56. The monoisotopic (exact) mass is 482 g/mol. The minimum atomic E-state index is -0.101. The predicted molar refractivity (Wildman–Crippen MR) is 157 cm³/mol. The van der Waals surface area contributed by atoms with Crippen molar-refractivity contribution in [1.29, 1.82) is 0 Å². The van der Waals surface area contributed by atoms with E-state index in [0.29, 0.717) is 17.6 Å². The van der Waals surface area contributed by atoms with Crippen molar-refractivity contribution in [2.75, 3.05) is 0 Å². The standard InChI is InChI=1S/C34H58O/c1-11-15-19-24(5)29-26(21-17-13-3)30(33(6,7)8)32(35)31-27(29)23-25(20-16-12-2)28(22-18-14-4)34(31,9)10/h25,28,35H,5,11-23H2,1-4,6-10H3. The number of allylic oxidation sites excluding steroid dienone is 1. The third-order valence-corrected chi connectivity index (χ3v) is 8.80. The zero-order valence-corrected chi connectivity index (χ0v) is 25.0. The van der Waals surface area contributed by atoms with Crippen LogP contribution in [0.4, 0.5) is 0 Å². The Morgan fingerprint density at radius 1 is 0.914 bits per heavy atom. The number of hydrogen-bond acceptors (Lipinski definition) is 1. The van der Waals surface area contributed by atoms with E-state index in [2.05, 4.69) is 62.3 Å². The molecule has 1 aliphatic rings. The Morgan fingerprint density at radius 3 is 2.03 bits per heavy atom. The summed E-state index contributed by atoms with van der Waals surface area (Å²) in [5.74, 6) is 1.94. The van der Waals surface area contributed by atoms with Gasteiger partial charge in [-0.3, -0.25) is 0 Å². The van der Waals surface area contributed by atoms with Crippen LogP contribution in [0.5, 0.6) is 5.75 Å². The van der Waals surface area contributed by atoms with E-state index in [1.165, 1.54) is 91.2 Å². The zero-order valence-electron chi connectivity index (χ0n) is 25.0. The van der Waals surface area contributed by atoms with Gasteiger partial charge in [0, 0.05) is 11.1 Å². The highest BCUT2D eigenvalue weighted by molar-refractivity contribution is 5.76. The van der Waals surface area contributed by atoms with Crippen LogP contribution in [0.2, 0.25) is 0 Å². The van der Waals surface area contributed by atoms with Gasteiger partial charge >= 0.3 is 0 Å². The molecule has 0 fully saturated rings. The smallest absolute Gasteiger partial charge is 0.123 e. The molecule has 1 aromatic carbocycles. The van der Waals surface area contributed by atoms with E-state index in [0.717, 1.165) is 25.7 Å². The molecule has 2 atom stereocenters. The van der Waals surface area contributed by atoms with Crippen molar-refractivity contribution in [1.82, 2.24) is 0 Å². The van der Waals surface area contributed by atoms with E-state index in [9.17, 15) is 5.11 Å². The highest BCUT2D eigenvalue weighted by atomic mass is 16.3. The molecule has 0 saturated carbocycles. The van der Waals surface area contributed by atoms with Crippen LogP contribution in [-0.2, 0) is 23.7 Å². The van der Waals surface area contributed by atoms with E-state index >= 15 is 0 Å². The van der Waals surface area contributed by atoms with Crippen LogP contribution in [0, 0.1) is 11.8 Å². The van der Waals surface area contributed by atoms with Gasteiger partial charge in [0.1, 0.15) is 5.75 Å². The van der Waals surface area contributed by atoms with Gasteiger partial charge < -0.3 is 5.11 Å². The van der Waals surface area contributed by atoms with Gasteiger partial charge in [-0.2, -0.15) is 0 Å². The van der Waals surface area contributed by atoms with Gasteiger partial charge in [0.15, 0.2) is 0 Å². The Hall–Kier alpha value is -1.24. The van der Waals surface area contributed by atoms with E-state index < -0.39 is 0 Å². The number of hydrogen-bond donors (Lipinski definition) is 1. The molecule has 200 valence electrons. The Morgan fingerprint density at radius 2 is 1.49 bits per heavy atom. The van der Waals surface area contributed by atoms with E-state index in [-0.39, 0.29) is 10.8 Å². The Balaban J connectivity index is 2.91. The highest BCUT2D eigenvalue weighted by Crippen LogP contribution is 2.56. The van der Waals surface area contributed by atoms with Gasteiger partial charge in [0.05, 0.1) is 0 Å². The predicted octanol–water partition coefficient (Wildman–Crippen LogP) is 10.7. The third-order valence-electron chi connectivity index (χ3n) is 8.80. The summed E-state index contributed by atoms with van der Waals surface area (Å²) in [6.45, 7) is 25.7. The lowest BCUT2D eigenvalue weighted by molar-refractivity contribution is 0.158. The van der Waals surface area contributed by atoms with Gasteiger partial charge in [0.2, 0.25) is 0 Å². The van der Waals surface area contributed by atoms with Gasteiger partial charge in [0.25, 0.3) is 0 Å². The average Bonchev–Trinajstić information content (AvgIpc) is 2.77. The van der Waals surface area contributed by atoms with E-state index in [1.54, 1.807) is 0 Å².